The van der Waals surface area contributed by atoms with Gasteiger partial charge in [0, 0.05) is 24.5 Å². The Bertz CT molecular complexity index is 519. The van der Waals surface area contributed by atoms with Crippen molar-refractivity contribution in [2.75, 3.05) is 5.01 Å². The molecule has 0 spiro atoms. The number of aromatic nitrogens is 1. The number of nitro groups is 1. The van der Waals surface area contributed by atoms with Crippen molar-refractivity contribution in [1.29, 1.82) is 0 Å². The lowest BCUT2D eigenvalue weighted by Gasteiger charge is -2.18. The van der Waals surface area contributed by atoms with E-state index < -0.39 is 4.92 Å². The second-order valence-electron chi connectivity index (χ2n) is 3.29. The number of hydrogen-bond donors (Lipinski definition) is 0. The molecule has 1 aromatic carbocycles. The van der Waals surface area contributed by atoms with Crippen LogP contribution in [0.1, 0.15) is 0 Å². The van der Waals surface area contributed by atoms with E-state index in [9.17, 15) is 14.9 Å². The molecule has 1 amide bonds. The molecule has 0 radical (unpaired) electrons. The monoisotopic (exact) mass is 231 g/mol. The number of carbonyl (C=O) groups excluding carboxylic acids is 1. The molecule has 0 N–H and O–H groups in total. The van der Waals surface area contributed by atoms with E-state index in [1.165, 1.54) is 29.3 Å². The zero-order valence-corrected chi connectivity index (χ0v) is 8.76. The van der Waals surface area contributed by atoms with Gasteiger partial charge < -0.3 is 0 Å². The van der Waals surface area contributed by atoms with Crippen LogP contribution in [0.5, 0.6) is 0 Å². The predicted molar refractivity (Wildman–Crippen MR) is 61.5 cm³/mol. The summed E-state index contributed by atoms with van der Waals surface area (Å²) in [5.74, 6) is 0. The number of benzene rings is 1. The van der Waals surface area contributed by atoms with Crippen molar-refractivity contribution in [3.8, 4) is 0 Å². The van der Waals surface area contributed by atoms with Crippen LogP contribution in [-0.2, 0) is 4.79 Å². The van der Waals surface area contributed by atoms with E-state index in [-0.39, 0.29) is 5.69 Å². The smallest absolute Gasteiger partial charge is 0.269 e. The van der Waals surface area contributed by atoms with Crippen LogP contribution >= 0.6 is 0 Å². The van der Waals surface area contributed by atoms with Crippen LogP contribution in [0.2, 0.25) is 0 Å². The van der Waals surface area contributed by atoms with Gasteiger partial charge in [-0.3, -0.25) is 19.6 Å². The fourth-order valence-electron chi connectivity index (χ4n) is 1.44. The number of anilines is 1. The minimum atomic E-state index is -0.481. The van der Waals surface area contributed by atoms with Crippen molar-refractivity contribution < 1.29 is 9.72 Å². The second kappa shape index (κ2) is 4.48. The summed E-state index contributed by atoms with van der Waals surface area (Å²) in [5, 5.41) is 11.8. The van der Waals surface area contributed by atoms with Crippen molar-refractivity contribution >= 4 is 17.8 Å². The Morgan fingerprint density at radius 1 is 1.18 bits per heavy atom. The third-order valence-electron chi connectivity index (χ3n) is 2.26. The summed E-state index contributed by atoms with van der Waals surface area (Å²) in [7, 11) is 0. The Morgan fingerprint density at radius 2 is 1.76 bits per heavy atom. The van der Waals surface area contributed by atoms with Gasteiger partial charge in [-0.1, -0.05) is 0 Å². The van der Waals surface area contributed by atoms with Crippen molar-refractivity contribution in [3.05, 3.63) is 58.9 Å². The summed E-state index contributed by atoms with van der Waals surface area (Å²) in [6, 6.07) is 9.31. The zero-order valence-electron chi connectivity index (χ0n) is 8.76. The van der Waals surface area contributed by atoms with Gasteiger partial charge in [-0.05, 0) is 24.3 Å². The van der Waals surface area contributed by atoms with E-state index in [2.05, 4.69) is 0 Å². The molecule has 1 heterocycles. The summed E-state index contributed by atoms with van der Waals surface area (Å²) in [6.07, 6.45) is 4.05. The van der Waals surface area contributed by atoms with Crippen molar-refractivity contribution in [2.45, 2.75) is 0 Å². The van der Waals surface area contributed by atoms with Crippen molar-refractivity contribution in [1.82, 2.24) is 4.68 Å². The quantitative estimate of drug-likeness (QED) is 0.458. The van der Waals surface area contributed by atoms with Gasteiger partial charge in [-0.2, -0.15) is 0 Å². The highest BCUT2D eigenvalue weighted by molar-refractivity contribution is 5.74. The standard InChI is InChI=1S/C11H9N3O3/c15-9-13(12-7-1-2-8-12)10-3-5-11(6-4-10)14(16)17/h1-9H. The molecule has 6 nitrogen and oxygen atoms in total. The molecule has 0 aliphatic carbocycles. The summed E-state index contributed by atoms with van der Waals surface area (Å²) >= 11 is 0. The Balaban J connectivity index is 2.32. The number of rotatable bonds is 4. The van der Waals surface area contributed by atoms with Gasteiger partial charge in [0.05, 0.1) is 10.6 Å². The van der Waals surface area contributed by atoms with E-state index in [0.29, 0.717) is 12.1 Å². The average Bonchev–Trinajstić information content (AvgIpc) is 2.84. The van der Waals surface area contributed by atoms with Gasteiger partial charge in [0.15, 0.2) is 0 Å². The fourth-order valence-corrected chi connectivity index (χ4v) is 1.44. The maximum Gasteiger partial charge on any atom is 0.269 e. The number of nitrogens with zero attached hydrogens (tertiary/aromatic N) is 3. The van der Waals surface area contributed by atoms with Gasteiger partial charge in [0.2, 0.25) is 6.41 Å². The molecule has 0 saturated carbocycles. The third kappa shape index (κ3) is 2.15. The topological polar surface area (TPSA) is 68.4 Å². The molecule has 1 aromatic heterocycles. The van der Waals surface area contributed by atoms with Gasteiger partial charge in [0.1, 0.15) is 0 Å². The van der Waals surface area contributed by atoms with Gasteiger partial charge in [-0.25, -0.2) is 5.01 Å². The summed E-state index contributed by atoms with van der Waals surface area (Å²) in [5.41, 5.74) is 0.550. The summed E-state index contributed by atoms with van der Waals surface area (Å²) in [6.45, 7) is 0. The number of hydrogen-bond acceptors (Lipinski definition) is 3. The SMILES string of the molecule is O=CN(c1ccc([N+](=O)[O-])cc1)n1cccc1. The molecular weight excluding hydrogens is 222 g/mol. The predicted octanol–water partition coefficient (Wildman–Crippen LogP) is 1.82. The molecule has 2 aromatic rings. The van der Waals surface area contributed by atoms with Crippen LogP contribution in [-0.4, -0.2) is 16.0 Å². The largest absolute Gasteiger partial charge is 0.276 e. The second-order valence-corrected chi connectivity index (χ2v) is 3.29. The maximum absolute atomic E-state index is 11.0. The molecule has 0 aliphatic rings. The lowest BCUT2D eigenvalue weighted by atomic mass is 10.3. The van der Waals surface area contributed by atoms with Crippen LogP contribution in [0, 0.1) is 10.1 Å². The Kier molecular flexibility index (Phi) is 2.87. The molecule has 0 bridgehead atoms. The van der Waals surface area contributed by atoms with Crippen LogP contribution < -0.4 is 5.01 Å². The highest BCUT2D eigenvalue weighted by atomic mass is 16.6. The van der Waals surface area contributed by atoms with Crippen LogP contribution in [0.4, 0.5) is 11.4 Å². The normalized spacial score (nSPS) is 9.88. The van der Waals surface area contributed by atoms with Crippen molar-refractivity contribution in [2.24, 2.45) is 0 Å². The highest BCUT2D eigenvalue weighted by Crippen LogP contribution is 2.18. The first kappa shape index (κ1) is 10.9. The first-order chi connectivity index (χ1) is 8.22. The first-order valence-corrected chi connectivity index (χ1v) is 4.84. The minimum Gasteiger partial charge on any atom is -0.276 e. The number of carbonyl (C=O) groups is 1. The van der Waals surface area contributed by atoms with E-state index >= 15 is 0 Å². The van der Waals surface area contributed by atoms with Crippen LogP contribution in [0.25, 0.3) is 0 Å². The lowest BCUT2D eigenvalue weighted by Crippen LogP contribution is -2.26. The van der Waals surface area contributed by atoms with Gasteiger partial charge >= 0.3 is 0 Å². The van der Waals surface area contributed by atoms with E-state index in [1.54, 1.807) is 29.2 Å². The van der Waals surface area contributed by atoms with Crippen molar-refractivity contribution in [3.63, 3.8) is 0 Å². The molecule has 0 aliphatic heterocycles. The molecule has 6 heteroatoms. The van der Waals surface area contributed by atoms with Gasteiger partial charge in [0.25, 0.3) is 5.69 Å². The molecular formula is C11H9N3O3. The van der Waals surface area contributed by atoms with Crippen LogP contribution in [0.3, 0.4) is 0 Å². The number of non-ortho nitro benzene ring substituents is 1. The number of amides is 1. The lowest BCUT2D eigenvalue weighted by molar-refractivity contribution is -0.384. The Hall–Kier alpha value is -2.63. The van der Waals surface area contributed by atoms with E-state index in [0.717, 1.165) is 0 Å². The zero-order chi connectivity index (χ0) is 12.3. The molecule has 0 atom stereocenters. The molecule has 0 unspecified atom stereocenters. The fraction of sp³-hybridized carbons (Fsp3) is 0. The molecule has 17 heavy (non-hydrogen) atoms. The highest BCUT2D eigenvalue weighted by Gasteiger charge is 2.09. The summed E-state index contributed by atoms with van der Waals surface area (Å²) in [4.78, 5) is 21.0. The molecule has 0 fully saturated rings. The third-order valence-corrected chi connectivity index (χ3v) is 2.26. The maximum atomic E-state index is 11.0. The first-order valence-electron chi connectivity index (χ1n) is 4.84. The molecule has 0 saturated heterocycles. The molecule has 86 valence electrons. The number of nitro benzene ring substituents is 1. The van der Waals surface area contributed by atoms with E-state index in [4.69, 9.17) is 0 Å². The molecule has 2 rings (SSSR count). The van der Waals surface area contributed by atoms with E-state index in [1.807, 2.05) is 0 Å². The van der Waals surface area contributed by atoms with Crippen LogP contribution in [0.15, 0.2) is 48.8 Å². The average molecular weight is 231 g/mol. The Labute approximate surface area is 96.8 Å². The Morgan fingerprint density at radius 3 is 2.24 bits per heavy atom. The summed E-state index contributed by atoms with van der Waals surface area (Å²) < 4.78 is 1.58. The van der Waals surface area contributed by atoms with Gasteiger partial charge in [-0.15, -0.1) is 0 Å². The minimum absolute atomic E-state index is 0.00731.